The first-order valence-electron chi connectivity index (χ1n) is 13.5. The zero-order valence-corrected chi connectivity index (χ0v) is 22.8. The van der Waals surface area contributed by atoms with Gasteiger partial charge in [-0.15, -0.1) is 0 Å². The Bertz CT molecular complexity index is 856. The molecule has 0 unspecified atom stereocenters. The van der Waals surface area contributed by atoms with Crippen molar-refractivity contribution in [1.82, 2.24) is 0 Å². The number of hydrogen-bond donors (Lipinski definition) is 2. The van der Waals surface area contributed by atoms with Crippen LogP contribution in [0.2, 0.25) is 0 Å². The first-order valence-corrected chi connectivity index (χ1v) is 13.5. The van der Waals surface area contributed by atoms with Crippen molar-refractivity contribution in [2.45, 2.75) is 89.8 Å². The van der Waals surface area contributed by atoms with Crippen LogP contribution in [-0.4, -0.2) is 54.3 Å². The van der Waals surface area contributed by atoms with Crippen LogP contribution < -0.4 is 0 Å². The van der Waals surface area contributed by atoms with Crippen LogP contribution in [0.4, 0.5) is 0 Å². The lowest BCUT2D eigenvalue weighted by atomic mass is 9.61. The molecule has 202 valence electrons. The second kappa shape index (κ2) is 12.7. The van der Waals surface area contributed by atoms with Gasteiger partial charge in [-0.2, -0.15) is 0 Å². The number of allylic oxidation sites excluding steroid dienone is 1. The van der Waals surface area contributed by atoms with E-state index < -0.39 is 35.8 Å². The van der Waals surface area contributed by atoms with Gasteiger partial charge in [-0.05, 0) is 61.8 Å². The number of carbonyl (C=O) groups excluding carboxylic acids is 1. The molecule has 1 aromatic carbocycles. The number of aliphatic hydroxyl groups is 2. The molecule has 36 heavy (non-hydrogen) atoms. The van der Waals surface area contributed by atoms with E-state index in [0.29, 0.717) is 18.8 Å². The van der Waals surface area contributed by atoms with E-state index in [-0.39, 0.29) is 23.9 Å². The maximum Gasteiger partial charge on any atom is 0.312 e. The van der Waals surface area contributed by atoms with Crippen LogP contribution in [0.25, 0.3) is 0 Å². The van der Waals surface area contributed by atoms with Gasteiger partial charge in [0.1, 0.15) is 17.8 Å². The molecule has 0 radical (unpaired) electrons. The van der Waals surface area contributed by atoms with Crippen molar-refractivity contribution >= 4 is 5.97 Å². The molecule has 0 amide bonds. The predicted molar refractivity (Wildman–Crippen MR) is 140 cm³/mol. The number of aliphatic hydroxyl groups excluding tert-OH is 1. The van der Waals surface area contributed by atoms with Crippen LogP contribution in [0.15, 0.2) is 42.5 Å². The third-order valence-electron chi connectivity index (χ3n) is 8.86. The van der Waals surface area contributed by atoms with Crippen molar-refractivity contribution in [3.63, 3.8) is 0 Å². The Morgan fingerprint density at radius 2 is 1.64 bits per heavy atom. The van der Waals surface area contributed by atoms with E-state index in [4.69, 9.17) is 14.2 Å². The number of methoxy groups -OCH3 is 2. The average Bonchev–Trinajstić information content (AvgIpc) is 2.87. The van der Waals surface area contributed by atoms with Crippen LogP contribution in [-0.2, 0) is 19.0 Å². The molecule has 6 nitrogen and oxygen atoms in total. The van der Waals surface area contributed by atoms with Gasteiger partial charge in [-0.25, -0.2) is 0 Å². The van der Waals surface area contributed by atoms with E-state index in [0.717, 1.165) is 24.8 Å². The Morgan fingerprint density at radius 3 is 2.28 bits per heavy atom. The number of hydrogen-bond acceptors (Lipinski definition) is 6. The van der Waals surface area contributed by atoms with Crippen LogP contribution in [0.3, 0.4) is 0 Å². The van der Waals surface area contributed by atoms with Gasteiger partial charge in [0.25, 0.3) is 0 Å². The van der Waals surface area contributed by atoms with Crippen LogP contribution in [0.1, 0.15) is 71.5 Å². The van der Waals surface area contributed by atoms with E-state index in [2.05, 4.69) is 26.0 Å². The van der Waals surface area contributed by atoms with Gasteiger partial charge < -0.3 is 24.4 Å². The lowest BCUT2D eigenvalue weighted by Gasteiger charge is -2.51. The van der Waals surface area contributed by atoms with Crippen molar-refractivity contribution in [2.24, 2.45) is 29.6 Å². The van der Waals surface area contributed by atoms with Gasteiger partial charge in [-0.1, -0.05) is 69.7 Å². The highest BCUT2D eigenvalue weighted by Crippen LogP contribution is 2.46. The first kappa shape index (κ1) is 28.8. The molecule has 1 aliphatic carbocycles. The molecule has 0 saturated heterocycles. The van der Waals surface area contributed by atoms with Crippen molar-refractivity contribution < 1.29 is 29.2 Å². The van der Waals surface area contributed by atoms with Gasteiger partial charge in [0.2, 0.25) is 0 Å². The first-order chi connectivity index (χ1) is 17.1. The number of fused-ring (bicyclic) bond motifs is 2. The Kier molecular flexibility index (Phi) is 10.2. The molecule has 2 bridgehead atoms. The van der Waals surface area contributed by atoms with E-state index in [1.807, 2.05) is 37.3 Å². The summed E-state index contributed by atoms with van der Waals surface area (Å²) in [6.07, 6.45) is 6.03. The topological polar surface area (TPSA) is 85.2 Å². The molecule has 1 aliphatic heterocycles. The van der Waals surface area contributed by atoms with Crippen molar-refractivity contribution in [1.29, 1.82) is 0 Å². The molecule has 1 fully saturated rings. The van der Waals surface area contributed by atoms with Gasteiger partial charge in [-0.3, -0.25) is 4.79 Å². The molecule has 1 heterocycles. The number of benzene rings is 1. The fraction of sp³-hybridized carbons (Fsp3) is 0.700. The van der Waals surface area contributed by atoms with E-state index in [1.54, 1.807) is 14.0 Å². The summed E-state index contributed by atoms with van der Waals surface area (Å²) < 4.78 is 17.5. The number of cyclic esters (lactones) is 1. The van der Waals surface area contributed by atoms with Gasteiger partial charge >= 0.3 is 5.97 Å². The summed E-state index contributed by atoms with van der Waals surface area (Å²) in [7, 11) is 3.23. The summed E-state index contributed by atoms with van der Waals surface area (Å²) in [5, 5.41) is 23.2. The third kappa shape index (κ3) is 6.21. The number of rotatable bonds is 3. The highest BCUT2D eigenvalue weighted by molar-refractivity contribution is 5.74. The van der Waals surface area contributed by atoms with Crippen molar-refractivity contribution in [2.75, 3.05) is 14.2 Å². The molecule has 10 atom stereocenters. The SMILES string of the molecule is CO[C@@H]1[C@@H](O)[C@H](C)[C@H]2C[C@]1(O)[C@H](C)C(=O)O[C@H](c1ccccc1)CCCC[C@H](C)[C@H](OC)C=C[C@@H]2C. The molecular formula is C30H46O6. The smallest absolute Gasteiger partial charge is 0.312 e. The monoisotopic (exact) mass is 502 g/mol. The summed E-state index contributed by atoms with van der Waals surface area (Å²) in [5.74, 6) is -1.09. The predicted octanol–water partition coefficient (Wildman–Crippen LogP) is 5.09. The molecule has 0 spiro atoms. The van der Waals surface area contributed by atoms with Gasteiger partial charge in [0.05, 0.1) is 18.1 Å². The van der Waals surface area contributed by atoms with Crippen molar-refractivity contribution in [3.8, 4) is 0 Å². The molecular weight excluding hydrogens is 456 g/mol. The molecule has 3 rings (SSSR count). The minimum absolute atomic E-state index is 0.00328. The lowest BCUT2D eigenvalue weighted by molar-refractivity contribution is -0.224. The fourth-order valence-corrected chi connectivity index (χ4v) is 6.23. The van der Waals surface area contributed by atoms with Crippen LogP contribution in [0.5, 0.6) is 0 Å². The molecule has 6 heteroatoms. The second-order valence-electron chi connectivity index (χ2n) is 11.1. The summed E-state index contributed by atoms with van der Waals surface area (Å²) in [6, 6.07) is 9.80. The average molecular weight is 503 g/mol. The van der Waals surface area contributed by atoms with Gasteiger partial charge in [0.15, 0.2) is 0 Å². The van der Waals surface area contributed by atoms with E-state index >= 15 is 0 Å². The minimum Gasteiger partial charge on any atom is -0.457 e. The number of ether oxygens (including phenoxy) is 3. The Labute approximate surface area is 217 Å². The Hall–Kier alpha value is -1.73. The fourth-order valence-electron chi connectivity index (χ4n) is 6.23. The summed E-state index contributed by atoms with van der Waals surface area (Å²) in [4.78, 5) is 13.5. The maximum absolute atomic E-state index is 13.5. The van der Waals surface area contributed by atoms with Crippen LogP contribution in [0, 0.1) is 29.6 Å². The molecule has 1 aromatic rings. The highest BCUT2D eigenvalue weighted by atomic mass is 16.5. The number of carbonyl (C=O) groups is 1. The van der Waals surface area contributed by atoms with Crippen LogP contribution >= 0.6 is 0 Å². The normalized spacial score (nSPS) is 41.0. The Balaban J connectivity index is 1.99. The second-order valence-corrected chi connectivity index (χ2v) is 11.1. The quantitative estimate of drug-likeness (QED) is 0.443. The van der Waals surface area contributed by atoms with Crippen molar-refractivity contribution in [3.05, 3.63) is 48.0 Å². The van der Waals surface area contributed by atoms with E-state index in [1.165, 1.54) is 7.11 Å². The maximum atomic E-state index is 13.5. The molecule has 1 saturated carbocycles. The Morgan fingerprint density at radius 1 is 0.972 bits per heavy atom. The highest BCUT2D eigenvalue weighted by Gasteiger charge is 2.56. The summed E-state index contributed by atoms with van der Waals surface area (Å²) >= 11 is 0. The zero-order chi connectivity index (χ0) is 26.5. The van der Waals surface area contributed by atoms with E-state index in [9.17, 15) is 15.0 Å². The third-order valence-corrected chi connectivity index (χ3v) is 8.86. The van der Waals surface area contributed by atoms with Gasteiger partial charge in [0, 0.05) is 14.2 Å². The summed E-state index contributed by atoms with van der Waals surface area (Å²) in [6.45, 7) is 8.00. The molecule has 0 aromatic heterocycles. The molecule has 2 N–H and O–H groups in total. The standard InChI is InChI=1S/C30H46O6/c1-19-16-17-25(34-5)20(2)12-10-11-15-26(23-13-8-7-9-14-23)36-29(32)22(4)30(33)18-24(19)21(3)27(31)28(30)35-6/h7-9,13-14,16-17,19-22,24-28,31,33H,10-12,15,18H2,1-6H3/t19-,20-,21+,22+,24-,25+,26-,27-,28+,30-/m0/s1. The number of esters is 1. The summed E-state index contributed by atoms with van der Waals surface area (Å²) in [5.41, 5.74) is -0.611. The molecule has 2 aliphatic rings. The largest absolute Gasteiger partial charge is 0.457 e. The zero-order valence-electron chi connectivity index (χ0n) is 22.8. The lowest BCUT2D eigenvalue weighted by Crippen LogP contribution is -2.63. The minimum atomic E-state index is -1.56.